The summed E-state index contributed by atoms with van der Waals surface area (Å²) in [6.07, 6.45) is 0.748. The van der Waals surface area contributed by atoms with Gasteiger partial charge in [0.1, 0.15) is 11.6 Å². The van der Waals surface area contributed by atoms with E-state index < -0.39 is 0 Å². The van der Waals surface area contributed by atoms with Gasteiger partial charge in [0.25, 0.3) is 5.19 Å². The lowest BCUT2D eigenvalue weighted by Crippen LogP contribution is -2.30. The predicted octanol–water partition coefficient (Wildman–Crippen LogP) is 6.51. The molecule has 1 heterocycles. The summed E-state index contributed by atoms with van der Waals surface area (Å²) in [5.74, 6) is 0.888. The van der Waals surface area contributed by atoms with Gasteiger partial charge in [0.2, 0.25) is 5.91 Å². The summed E-state index contributed by atoms with van der Waals surface area (Å²) in [5.41, 5.74) is 3.86. The van der Waals surface area contributed by atoms with Crippen molar-refractivity contribution in [2.45, 2.75) is 18.9 Å². The Bertz CT molecular complexity index is 1400. The fourth-order valence-electron chi connectivity index (χ4n) is 3.96. The number of rotatable bonds is 9. The lowest BCUT2D eigenvalue weighted by molar-refractivity contribution is -0.120. The van der Waals surface area contributed by atoms with Gasteiger partial charge in [0, 0.05) is 18.0 Å². The van der Waals surface area contributed by atoms with Crippen LogP contribution in [0.2, 0.25) is 0 Å². The lowest BCUT2D eigenvalue weighted by Gasteiger charge is -2.20. The van der Waals surface area contributed by atoms with Crippen LogP contribution >= 0.6 is 11.5 Å². The number of nitrogens with one attached hydrogen (secondary N) is 1. The minimum atomic E-state index is -0.271. The molecule has 37 heavy (non-hydrogen) atoms. The van der Waals surface area contributed by atoms with E-state index in [-0.39, 0.29) is 24.2 Å². The Morgan fingerprint density at radius 1 is 0.811 bits per heavy atom. The van der Waals surface area contributed by atoms with Crippen LogP contribution in [0.15, 0.2) is 109 Å². The topological polar surface area (TPSA) is 64.1 Å². The van der Waals surface area contributed by atoms with Crippen molar-refractivity contribution in [1.29, 1.82) is 0 Å². The minimum Gasteiger partial charge on any atom is -0.430 e. The monoisotopic (exact) mass is 509 g/mol. The highest BCUT2D eigenvalue weighted by Crippen LogP contribution is 2.25. The first-order valence-electron chi connectivity index (χ1n) is 11.9. The number of ether oxygens (including phenoxy) is 1. The van der Waals surface area contributed by atoms with Gasteiger partial charge in [-0.2, -0.15) is 9.36 Å². The van der Waals surface area contributed by atoms with Gasteiger partial charge in [-0.05, 0) is 46.5 Å². The maximum atomic E-state index is 13.1. The molecule has 0 unspecified atom stereocenters. The van der Waals surface area contributed by atoms with E-state index in [1.165, 1.54) is 12.1 Å². The summed E-state index contributed by atoms with van der Waals surface area (Å²) in [5, 5.41) is 3.60. The molecule has 5 nitrogen and oxygen atoms in total. The second-order valence-corrected chi connectivity index (χ2v) is 9.24. The standard InChI is InChI=1S/C30H24FN3O2S/c31-25-15-11-21(12-16-25)19-27-32-30(37-34-27)36-26-17-13-22(14-18-26)20-28(35)33-29(23-7-3-1-4-8-23)24-9-5-2-6-10-24/h1-18,29H,19-20H2,(H,33,35). The zero-order valence-corrected chi connectivity index (χ0v) is 20.7. The Morgan fingerprint density at radius 2 is 1.41 bits per heavy atom. The van der Waals surface area contributed by atoms with Gasteiger partial charge in [-0.3, -0.25) is 4.79 Å². The first-order chi connectivity index (χ1) is 18.1. The van der Waals surface area contributed by atoms with Crippen LogP contribution in [0.4, 0.5) is 4.39 Å². The molecule has 1 amide bonds. The Kier molecular flexibility index (Phi) is 7.62. The van der Waals surface area contributed by atoms with Crippen molar-refractivity contribution < 1.29 is 13.9 Å². The summed E-state index contributed by atoms with van der Waals surface area (Å²) in [6, 6.07) is 33.3. The van der Waals surface area contributed by atoms with E-state index in [1.807, 2.05) is 84.9 Å². The summed E-state index contributed by atoms with van der Waals surface area (Å²) < 4.78 is 23.3. The number of hydrogen-bond donors (Lipinski definition) is 1. The number of halogens is 1. The van der Waals surface area contributed by atoms with Crippen LogP contribution in [0.5, 0.6) is 10.9 Å². The van der Waals surface area contributed by atoms with Gasteiger partial charge >= 0.3 is 0 Å². The third kappa shape index (κ3) is 6.65. The molecule has 1 aromatic heterocycles. The van der Waals surface area contributed by atoms with E-state index >= 15 is 0 Å². The molecule has 5 aromatic rings. The van der Waals surface area contributed by atoms with Crippen LogP contribution in [0, 0.1) is 5.82 Å². The van der Waals surface area contributed by atoms with E-state index in [0.717, 1.165) is 33.8 Å². The SMILES string of the molecule is O=C(Cc1ccc(Oc2nc(Cc3ccc(F)cc3)ns2)cc1)NC(c1ccccc1)c1ccccc1. The molecular formula is C30H24FN3O2S. The zero-order valence-electron chi connectivity index (χ0n) is 19.9. The molecule has 0 saturated heterocycles. The highest BCUT2D eigenvalue weighted by Gasteiger charge is 2.17. The average Bonchev–Trinajstić information content (AvgIpc) is 3.37. The molecule has 0 bridgehead atoms. The molecule has 7 heteroatoms. The number of hydrogen-bond acceptors (Lipinski definition) is 5. The normalized spacial score (nSPS) is 10.9. The van der Waals surface area contributed by atoms with E-state index in [2.05, 4.69) is 14.7 Å². The molecule has 0 radical (unpaired) electrons. The second-order valence-electron chi connectivity index (χ2n) is 8.52. The summed E-state index contributed by atoms with van der Waals surface area (Å²) in [4.78, 5) is 17.3. The third-order valence-electron chi connectivity index (χ3n) is 5.79. The average molecular weight is 510 g/mol. The highest BCUT2D eigenvalue weighted by atomic mass is 32.1. The van der Waals surface area contributed by atoms with Crippen molar-refractivity contribution in [3.8, 4) is 10.9 Å². The van der Waals surface area contributed by atoms with Crippen molar-refractivity contribution in [2.75, 3.05) is 0 Å². The van der Waals surface area contributed by atoms with Gasteiger partial charge in [-0.25, -0.2) is 4.39 Å². The number of amides is 1. The molecule has 4 aromatic carbocycles. The molecule has 1 N–H and O–H groups in total. The Hall–Kier alpha value is -4.36. The molecule has 0 atom stereocenters. The lowest BCUT2D eigenvalue weighted by atomic mass is 9.98. The van der Waals surface area contributed by atoms with Crippen molar-refractivity contribution in [2.24, 2.45) is 0 Å². The van der Waals surface area contributed by atoms with Crippen LogP contribution in [0.3, 0.4) is 0 Å². The molecule has 0 aliphatic rings. The van der Waals surface area contributed by atoms with Gasteiger partial charge in [-0.15, -0.1) is 0 Å². The summed E-state index contributed by atoms with van der Waals surface area (Å²) in [6.45, 7) is 0. The number of benzene rings is 4. The van der Waals surface area contributed by atoms with Crippen molar-refractivity contribution >= 4 is 17.4 Å². The maximum Gasteiger partial charge on any atom is 0.298 e. The number of nitrogens with zero attached hydrogens (tertiary/aromatic N) is 2. The van der Waals surface area contributed by atoms with Gasteiger partial charge < -0.3 is 10.1 Å². The van der Waals surface area contributed by atoms with E-state index in [1.54, 1.807) is 12.1 Å². The molecule has 0 fully saturated rings. The number of carbonyl (C=O) groups excluding carboxylic acids is 1. The number of aromatic nitrogens is 2. The highest BCUT2D eigenvalue weighted by molar-refractivity contribution is 7.07. The van der Waals surface area contributed by atoms with Crippen molar-refractivity contribution in [3.63, 3.8) is 0 Å². The molecule has 184 valence electrons. The third-order valence-corrected chi connectivity index (χ3v) is 6.42. The Labute approximate surface area is 218 Å². The summed E-state index contributed by atoms with van der Waals surface area (Å²) >= 11 is 1.16. The predicted molar refractivity (Wildman–Crippen MR) is 142 cm³/mol. The van der Waals surface area contributed by atoms with E-state index in [4.69, 9.17) is 4.74 Å². The fourth-order valence-corrected chi connectivity index (χ4v) is 4.53. The minimum absolute atomic E-state index is 0.0686. The molecule has 0 saturated carbocycles. The van der Waals surface area contributed by atoms with Crippen LogP contribution in [-0.4, -0.2) is 15.3 Å². The van der Waals surface area contributed by atoms with E-state index in [0.29, 0.717) is 23.2 Å². The fraction of sp³-hybridized carbons (Fsp3) is 0.100. The molecule has 0 aliphatic carbocycles. The molecule has 5 rings (SSSR count). The molecule has 0 spiro atoms. The smallest absolute Gasteiger partial charge is 0.298 e. The Balaban J connectivity index is 1.19. The van der Waals surface area contributed by atoms with Gasteiger partial charge in [0.05, 0.1) is 12.5 Å². The molecular weight excluding hydrogens is 485 g/mol. The largest absolute Gasteiger partial charge is 0.430 e. The van der Waals surface area contributed by atoms with Crippen molar-refractivity contribution in [3.05, 3.63) is 143 Å². The quantitative estimate of drug-likeness (QED) is 0.246. The Morgan fingerprint density at radius 3 is 2.03 bits per heavy atom. The van der Waals surface area contributed by atoms with Crippen LogP contribution in [-0.2, 0) is 17.6 Å². The van der Waals surface area contributed by atoms with Crippen LogP contribution in [0.1, 0.15) is 34.1 Å². The zero-order chi connectivity index (χ0) is 25.5. The van der Waals surface area contributed by atoms with Gasteiger partial charge in [0.15, 0.2) is 5.82 Å². The van der Waals surface area contributed by atoms with Crippen LogP contribution < -0.4 is 10.1 Å². The second kappa shape index (κ2) is 11.6. The number of carbonyl (C=O) groups is 1. The summed E-state index contributed by atoms with van der Waals surface area (Å²) in [7, 11) is 0. The van der Waals surface area contributed by atoms with E-state index in [9.17, 15) is 9.18 Å². The van der Waals surface area contributed by atoms with Crippen LogP contribution in [0.25, 0.3) is 0 Å². The maximum absolute atomic E-state index is 13.1. The van der Waals surface area contributed by atoms with Gasteiger partial charge in [-0.1, -0.05) is 84.9 Å². The molecule has 0 aliphatic heterocycles. The first-order valence-corrected chi connectivity index (χ1v) is 12.6. The van der Waals surface area contributed by atoms with Crippen molar-refractivity contribution in [1.82, 2.24) is 14.7 Å². The first kappa shape index (κ1) is 24.3.